The molecule has 0 aliphatic rings. The van der Waals surface area contributed by atoms with Gasteiger partial charge in [-0.3, -0.25) is 4.57 Å². The molecular formula is C14H22ClN5. The standard InChI is InChI=1S/C14H22ClN5/c1-5-19(6-2)9-10-20-13-11(7-8-12(15)17-13)16-14(20)18(3)4/h7-8H,5-6,9-10H2,1-4H3. The zero-order valence-corrected chi connectivity index (χ0v) is 13.4. The van der Waals surface area contributed by atoms with Crippen LogP contribution in [-0.2, 0) is 6.54 Å². The lowest BCUT2D eigenvalue weighted by Crippen LogP contribution is -2.28. The van der Waals surface area contributed by atoms with Crippen molar-refractivity contribution in [3.63, 3.8) is 0 Å². The Morgan fingerprint density at radius 1 is 1.15 bits per heavy atom. The first kappa shape index (κ1) is 15.1. The quantitative estimate of drug-likeness (QED) is 0.767. The van der Waals surface area contributed by atoms with Gasteiger partial charge in [0.05, 0.1) is 0 Å². The third-order valence-corrected chi connectivity index (χ3v) is 3.68. The molecule has 110 valence electrons. The second kappa shape index (κ2) is 6.41. The van der Waals surface area contributed by atoms with Crippen LogP contribution in [0.3, 0.4) is 0 Å². The fraction of sp³-hybridized carbons (Fsp3) is 0.571. The van der Waals surface area contributed by atoms with Crippen molar-refractivity contribution >= 4 is 28.7 Å². The topological polar surface area (TPSA) is 37.2 Å². The van der Waals surface area contributed by atoms with Gasteiger partial charge in [-0.05, 0) is 25.2 Å². The van der Waals surface area contributed by atoms with Crippen LogP contribution in [0.4, 0.5) is 5.95 Å². The summed E-state index contributed by atoms with van der Waals surface area (Å²) in [4.78, 5) is 13.5. The molecule has 0 atom stereocenters. The molecule has 2 rings (SSSR count). The van der Waals surface area contributed by atoms with E-state index in [1.807, 2.05) is 25.1 Å². The zero-order valence-electron chi connectivity index (χ0n) is 12.6. The second-order valence-electron chi connectivity index (χ2n) is 4.96. The minimum atomic E-state index is 0.506. The van der Waals surface area contributed by atoms with Crippen LogP contribution in [-0.4, -0.2) is 53.2 Å². The summed E-state index contributed by atoms with van der Waals surface area (Å²) in [6.07, 6.45) is 0. The molecule has 2 heterocycles. The highest BCUT2D eigenvalue weighted by molar-refractivity contribution is 6.29. The zero-order chi connectivity index (χ0) is 14.7. The predicted octanol–water partition coefficient (Wildman–Crippen LogP) is 2.49. The Hall–Kier alpha value is -1.33. The SMILES string of the molecule is CCN(CC)CCn1c(N(C)C)nc2ccc(Cl)nc21. The fourth-order valence-corrected chi connectivity index (χ4v) is 2.44. The van der Waals surface area contributed by atoms with Crippen molar-refractivity contribution in [2.45, 2.75) is 20.4 Å². The molecule has 0 N–H and O–H groups in total. The van der Waals surface area contributed by atoms with E-state index >= 15 is 0 Å². The van der Waals surface area contributed by atoms with E-state index in [2.05, 4.69) is 33.3 Å². The van der Waals surface area contributed by atoms with E-state index in [4.69, 9.17) is 11.6 Å². The van der Waals surface area contributed by atoms with Crippen molar-refractivity contribution < 1.29 is 0 Å². The van der Waals surface area contributed by atoms with Gasteiger partial charge in [0.1, 0.15) is 10.7 Å². The number of aromatic nitrogens is 3. The van der Waals surface area contributed by atoms with Gasteiger partial charge in [0.15, 0.2) is 5.65 Å². The lowest BCUT2D eigenvalue weighted by molar-refractivity contribution is 0.292. The Labute approximate surface area is 125 Å². The van der Waals surface area contributed by atoms with Crippen LogP contribution in [0.15, 0.2) is 12.1 Å². The van der Waals surface area contributed by atoms with Gasteiger partial charge in [0.25, 0.3) is 0 Å². The van der Waals surface area contributed by atoms with Crippen LogP contribution in [0.2, 0.25) is 5.15 Å². The molecule has 0 amide bonds. The molecule has 0 saturated heterocycles. The van der Waals surface area contributed by atoms with E-state index < -0.39 is 0 Å². The second-order valence-corrected chi connectivity index (χ2v) is 5.35. The van der Waals surface area contributed by atoms with Crippen LogP contribution in [0.25, 0.3) is 11.2 Å². The molecule has 0 radical (unpaired) electrons. The molecule has 5 nitrogen and oxygen atoms in total. The third-order valence-electron chi connectivity index (χ3n) is 3.47. The summed E-state index contributed by atoms with van der Waals surface area (Å²) in [5.41, 5.74) is 1.74. The number of nitrogens with zero attached hydrogens (tertiary/aromatic N) is 5. The van der Waals surface area contributed by atoms with Crippen LogP contribution in [0, 0.1) is 0 Å². The number of hydrogen-bond donors (Lipinski definition) is 0. The number of likely N-dealkylation sites (N-methyl/N-ethyl adjacent to an activating group) is 1. The van der Waals surface area contributed by atoms with Gasteiger partial charge in [-0.2, -0.15) is 0 Å². The molecule has 2 aromatic heterocycles. The van der Waals surface area contributed by atoms with E-state index in [1.54, 1.807) is 6.07 Å². The van der Waals surface area contributed by atoms with Crippen molar-refractivity contribution in [2.75, 3.05) is 38.6 Å². The number of pyridine rings is 1. The molecular weight excluding hydrogens is 274 g/mol. The van der Waals surface area contributed by atoms with Gasteiger partial charge >= 0.3 is 0 Å². The normalized spacial score (nSPS) is 11.5. The molecule has 0 unspecified atom stereocenters. The van der Waals surface area contributed by atoms with Crippen molar-refractivity contribution in [3.8, 4) is 0 Å². The summed E-state index contributed by atoms with van der Waals surface area (Å²) in [5, 5.41) is 0.506. The summed E-state index contributed by atoms with van der Waals surface area (Å²) < 4.78 is 2.14. The number of halogens is 1. The van der Waals surface area contributed by atoms with Crippen LogP contribution in [0.1, 0.15) is 13.8 Å². The smallest absolute Gasteiger partial charge is 0.207 e. The monoisotopic (exact) mass is 295 g/mol. The first-order valence-electron chi connectivity index (χ1n) is 6.99. The Kier molecular flexibility index (Phi) is 4.83. The summed E-state index contributed by atoms with van der Waals surface area (Å²) in [7, 11) is 3.99. The van der Waals surface area contributed by atoms with Crippen LogP contribution < -0.4 is 4.90 Å². The number of hydrogen-bond acceptors (Lipinski definition) is 4. The van der Waals surface area contributed by atoms with Crippen molar-refractivity contribution in [3.05, 3.63) is 17.3 Å². The molecule has 2 aromatic rings. The van der Waals surface area contributed by atoms with Crippen molar-refractivity contribution in [1.29, 1.82) is 0 Å². The lowest BCUT2D eigenvalue weighted by atomic mass is 10.4. The maximum Gasteiger partial charge on any atom is 0.207 e. The fourth-order valence-electron chi connectivity index (χ4n) is 2.30. The highest BCUT2D eigenvalue weighted by Crippen LogP contribution is 2.21. The van der Waals surface area contributed by atoms with Gasteiger partial charge in [0.2, 0.25) is 5.95 Å². The predicted molar refractivity (Wildman–Crippen MR) is 84.7 cm³/mol. The minimum absolute atomic E-state index is 0.506. The first-order valence-corrected chi connectivity index (χ1v) is 7.37. The molecule has 0 bridgehead atoms. The Morgan fingerprint density at radius 3 is 2.45 bits per heavy atom. The molecule has 6 heteroatoms. The molecule has 0 aromatic carbocycles. The molecule has 0 spiro atoms. The molecule has 0 aliphatic heterocycles. The minimum Gasteiger partial charge on any atom is -0.348 e. The van der Waals surface area contributed by atoms with Crippen LogP contribution >= 0.6 is 11.6 Å². The van der Waals surface area contributed by atoms with E-state index in [-0.39, 0.29) is 0 Å². The van der Waals surface area contributed by atoms with Crippen molar-refractivity contribution in [2.24, 2.45) is 0 Å². The Balaban J connectivity index is 2.37. The van der Waals surface area contributed by atoms with Gasteiger partial charge in [0, 0.05) is 27.2 Å². The summed E-state index contributed by atoms with van der Waals surface area (Å²) >= 11 is 6.02. The summed E-state index contributed by atoms with van der Waals surface area (Å²) in [5.74, 6) is 0.918. The van der Waals surface area contributed by atoms with Gasteiger partial charge in [-0.25, -0.2) is 9.97 Å². The van der Waals surface area contributed by atoms with Gasteiger partial charge < -0.3 is 9.80 Å². The largest absolute Gasteiger partial charge is 0.348 e. The average Bonchev–Trinajstić information content (AvgIpc) is 2.78. The lowest BCUT2D eigenvalue weighted by Gasteiger charge is -2.20. The first-order chi connectivity index (χ1) is 9.56. The van der Waals surface area contributed by atoms with E-state index in [0.717, 1.165) is 43.3 Å². The van der Waals surface area contributed by atoms with Gasteiger partial charge in [-0.1, -0.05) is 25.4 Å². The molecule has 0 aliphatic carbocycles. The van der Waals surface area contributed by atoms with Gasteiger partial charge in [-0.15, -0.1) is 0 Å². The number of imidazole rings is 1. The average molecular weight is 296 g/mol. The van der Waals surface area contributed by atoms with E-state index in [9.17, 15) is 0 Å². The molecule has 0 fully saturated rings. The van der Waals surface area contributed by atoms with E-state index in [0.29, 0.717) is 5.15 Å². The Morgan fingerprint density at radius 2 is 1.85 bits per heavy atom. The number of rotatable bonds is 6. The maximum atomic E-state index is 6.02. The Bertz CT molecular complexity index is 574. The molecule has 0 saturated carbocycles. The van der Waals surface area contributed by atoms with Crippen LogP contribution in [0.5, 0.6) is 0 Å². The number of fused-ring (bicyclic) bond motifs is 1. The highest BCUT2D eigenvalue weighted by Gasteiger charge is 2.14. The summed E-state index contributed by atoms with van der Waals surface area (Å²) in [6.45, 7) is 8.30. The van der Waals surface area contributed by atoms with E-state index in [1.165, 1.54) is 0 Å². The number of anilines is 1. The third kappa shape index (κ3) is 3.04. The van der Waals surface area contributed by atoms with Crippen molar-refractivity contribution in [1.82, 2.24) is 19.4 Å². The highest BCUT2D eigenvalue weighted by atomic mass is 35.5. The summed E-state index contributed by atoms with van der Waals surface area (Å²) in [6, 6.07) is 3.70. The maximum absolute atomic E-state index is 6.02. The molecule has 20 heavy (non-hydrogen) atoms.